The van der Waals surface area contributed by atoms with Crippen molar-refractivity contribution < 1.29 is 0 Å². The highest BCUT2D eigenvalue weighted by atomic mass is 35.5. The molecule has 0 aliphatic rings. The summed E-state index contributed by atoms with van der Waals surface area (Å²) in [5.74, 6) is 1.98. The lowest BCUT2D eigenvalue weighted by molar-refractivity contribution is 0.833. The van der Waals surface area contributed by atoms with Crippen LogP contribution in [0, 0.1) is 11.3 Å². The van der Waals surface area contributed by atoms with Gasteiger partial charge >= 0.3 is 0 Å². The first-order chi connectivity index (χ1) is 14.2. The number of hydrogen-bond donors (Lipinski definition) is 0. The van der Waals surface area contributed by atoms with Gasteiger partial charge in [0.2, 0.25) is 0 Å². The van der Waals surface area contributed by atoms with Gasteiger partial charge in [0, 0.05) is 22.0 Å². The third-order valence-corrected chi connectivity index (χ3v) is 6.13. The first-order valence-electron chi connectivity index (χ1n) is 9.56. The normalized spacial score (nSPS) is 10.9. The molecule has 3 nitrogen and oxygen atoms in total. The molecule has 5 heteroatoms. The molecule has 1 aromatic heterocycles. The van der Waals surface area contributed by atoms with E-state index in [4.69, 9.17) is 21.8 Å². The molecule has 3 aromatic carbocycles. The molecule has 0 bridgehead atoms. The van der Waals surface area contributed by atoms with Crippen LogP contribution >= 0.6 is 23.4 Å². The second kappa shape index (κ2) is 8.73. The monoisotopic (exact) mass is 417 g/mol. The fourth-order valence-corrected chi connectivity index (χ4v) is 4.32. The molecular weight excluding hydrogens is 398 g/mol. The van der Waals surface area contributed by atoms with Crippen LogP contribution in [0.3, 0.4) is 0 Å². The van der Waals surface area contributed by atoms with E-state index in [1.807, 2.05) is 54.2 Å². The van der Waals surface area contributed by atoms with E-state index in [0.717, 1.165) is 45.2 Å². The molecule has 4 aromatic rings. The Balaban J connectivity index is 1.85. The van der Waals surface area contributed by atoms with Crippen molar-refractivity contribution in [3.05, 3.63) is 82.9 Å². The SMILES string of the molecule is CCCSc1ccc2nc(-c3ccc(C#N)cc3)n(Cc3cccc(Cl)c3)c2c1. The van der Waals surface area contributed by atoms with Gasteiger partial charge in [-0.25, -0.2) is 4.98 Å². The summed E-state index contributed by atoms with van der Waals surface area (Å²) in [6, 6.07) is 24.1. The largest absolute Gasteiger partial charge is 0.319 e. The zero-order valence-electron chi connectivity index (χ0n) is 16.1. The van der Waals surface area contributed by atoms with Crippen LogP contribution in [0.1, 0.15) is 24.5 Å². The Morgan fingerprint density at radius 3 is 2.62 bits per heavy atom. The lowest BCUT2D eigenvalue weighted by atomic mass is 10.1. The third kappa shape index (κ3) is 4.32. The number of fused-ring (bicyclic) bond motifs is 1. The highest BCUT2D eigenvalue weighted by Crippen LogP contribution is 2.30. The van der Waals surface area contributed by atoms with Crippen molar-refractivity contribution in [1.29, 1.82) is 5.26 Å². The molecule has 0 saturated heterocycles. The molecule has 0 unspecified atom stereocenters. The standard InChI is InChI=1S/C24H20ClN3S/c1-2-12-29-21-10-11-22-23(14-21)28(16-18-4-3-5-20(25)13-18)24(27-22)19-8-6-17(15-26)7-9-19/h3-11,13-14H,2,12,16H2,1H3. The smallest absolute Gasteiger partial charge is 0.141 e. The number of imidazole rings is 1. The molecule has 0 radical (unpaired) electrons. The maximum atomic E-state index is 9.10. The summed E-state index contributed by atoms with van der Waals surface area (Å²) >= 11 is 8.08. The molecule has 0 aliphatic carbocycles. The zero-order valence-corrected chi connectivity index (χ0v) is 17.7. The van der Waals surface area contributed by atoms with Crippen LogP contribution in [-0.4, -0.2) is 15.3 Å². The van der Waals surface area contributed by atoms with Crippen molar-refractivity contribution in [2.45, 2.75) is 24.8 Å². The minimum absolute atomic E-state index is 0.643. The van der Waals surface area contributed by atoms with Crippen molar-refractivity contribution in [3.8, 4) is 17.5 Å². The average molecular weight is 418 g/mol. The number of aromatic nitrogens is 2. The molecular formula is C24H20ClN3S. The van der Waals surface area contributed by atoms with Crippen LogP contribution in [0.25, 0.3) is 22.4 Å². The minimum Gasteiger partial charge on any atom is -0.319 e. The Morgan fingerprint density at radius 2 is 1.90 bits per heavy atom. The van der Waals surface area contributed by atoms with E-state index in [1.165, 1.54) is 4.90 Å². The van der Waals surface area contributed by atoms with Crippen LogP contribution in [0.5, 0.6) is 0 Å². The van der Waals surface area contributed by atoms with Gasteiger partial charge in [0.15, 0.2) is 0 Å². The summed E-state index contributed by atoms with van der Waals surface area (Å²) in [6.07, 6.45) is 1.14. The number of rotatable bonds is 6. The summed E-state index contributed by atoms with van der Waals surface area (Å²) in [5.41, 5.74) is 4.82. The molecule has 144 valence electrons. The molecule has 0 N–H and O–H groups in total. The van der Waals surface area contributed by atoms with E-state index in [1.54, 1.807) is 0 Å². The lowest BCUT2D eigenvalue weighted by Gasteiger charge is -2.11. The Kier molecular flexibility index (Phi) is 5.89. The summed E-state index contributed by atoms with van der Waals surface area (Å²) < 4.78 is 2.23. The van der Waals surface area contributed by atoms with Crippen LogP contribution < -0.4 is 0 Å². The topological polar surface area (TPSA) is 41.6 Å². The van der Waals surface area contributed by atoms with Gasteiger partial charge in [-0.15, -0.1) is 11.8 Å². The van der Waals surface area contributed by atoms with Gasteiger partial charge in [-0.3, -0.25) is 0 Å². The van der Waals surface area contributed by atoms with Gasteiger partial charge in [0.05, 0.1) is 22.7 Å². The molecule has 1 heterocycles. The van der Waals surface area contributed by atoms with Gasteiger partial charge < -0.3 is 4.57 Å². The highest BCUT2D eigenvalue weighted by Gasteiger charge is 2.14. The molecule has 0 aliphatic heterocycles. The Morgan fingerprint density at radius 1 is 1.07 bits per heavy atom. The van der Waals surface area contributed by atoms with Crippen molar-refractivity contribution >= 4 is 34.4 Å². The average Bonchev–Trinajstić information content (AvgIpc) is 3.10. The van der Waals surface area contributed by atoms with Crippen LogP contribution in [0.15, 0.2) is 71.6 Å². The second-order valence-corrected chi connectivity index (χ2v) is 8.44. The van der Waals surface area contributed by atoms with Crippen molar-refractivity contribution in [2.75, 3.05) is 5.75 Å². The predicted octanol–water partition coefficient (Wildman–Crippen LogP) is 6.78. The van der Waals surface area contributed by atoms with Gasteiger partial charge in [0.25, 0.3) is 0 Å². The Hall–Kier alpha value is -2.74. The molecule has 4 rings (SSSR count). The van der Waals surface area contributed by atoms with Crippen LogP contribution in [-0.2, 0) is 6.54 Å². The number of halogens is 1. The van der Waals surface area contributed by atoms with E-state index >= 15 is 0 Å². The van der Waals surface area contributed by atoms with E-state index in [9.17, 15) is 0 Å². The number of benzene rings is 3. The minimum atomic E-state index is 0.643. The molecule has 29 heavy (non-hydrogen) atoms. The van der Waals surface area contributed by atoms with Gasteiger partial charge in [0.1, 0.15) is 5.82 Å². The fourth-order valence-electron chi connectivity index (χ4n) is 3.30. The number of nitriles is 1. The van der Waals surface area contributed by atoms with Crippen LogP contribution in [0.4, 0.5) is 0 Å². The van der Waals surface area contributed by atoms with Crippen molar-refractivity contribution in [3.63, 3.8) is 0 Å². The quantitative estimate of drug-likeness (QED) is 0.325. The molecule has 0 atom stereocenters. The lowest BCUT2D eigenvalue weighted by Crippen LogP contribution is -2.02. The van der Waals surface area contributed by atoms with Crippen molar-refractivity contribution in [2.24, 2.45) is 0 Å². The first kappa shape index (κ1) is 19.6. The number of hydrogen-bond acceptors (Lipinski definition) is 3. The Bertz CT molecular complexity index is 1190. The predicted molar refractivity (Wildman–Crippen MR) is 121 cm³/mol. The van der Waals surface area contributed by atoms with E-state index in [2.05, 4.69) is 41.8 Å². The van der Waals surface area contributed by atoms with E-state index in [-0.39, 0.29) is 0 Å². The molecule has 0 fully saturated rings. The third-order valence-electron chi connectivity index (χ3n) is 4.69. The first-order valence-corrected chi connectivity index (χ1v) is 10.9. The van der Waals surface area contributed by atoms with Crippen molar-refractivity contribution in [1.82, 2.24) is 9.55 Å². The Labute approximate surface area is 180 Å². The molecule has 0 saturated carbocycles. The summed E-state index contributed by atoms with van der Waals surface area (Å²) in [5, 5.41) is 9.83. The zero-order chi connectivity index (χ0) is 20.2. The van der Waals surface area contributed by atoms with Crippen LogP contribution in [0.2, 0.25) is 5.02 Å². The van der Waals surface area contributed by atoms with E-state index < -0.39 is 0 Å². The maximum Gasteiger partial charge on any atom is 0.141 e. The summed E-state index contributed by atoms with van der Waals surface area (Å²) in [4.78, 5) is 6.16. The van der Waals surface area contributed by atoms with Gasteiger partial charge in [-0.05, 0) is 72.3 Å². The number of thioether (sulfide) groups is 1. The summed E-state index contributed by atoms with van der Waals surface area (Å²) in [6.45, 7) is 2.87. The second-order valence-electron chi connectivity index (χ2n) is 6.84. The number of nitrogens with zero attached hydrogens (tertiary/aromatic N) is 3. The van der Waals surface area contributed by atoms with Gasteiger partial charge in [-0.1, -0.05) is 30.7 Å². The highest BCUT2D eigenvalue weighted by molar-refractivity contribution is 7.99. The maximum absolute atomic E-state index is 9.10. The molecule has 0 spiro atoms. The summed E-state index contributed by atoms with van der Waals surface area (Å²) in [7, 11) is 0. The van der Waals surface area contributed by atoms with E-state index in [0.29, 0.717) is 12.1 Å². The molecule has 0 amide bonds. The van der Waals surface area contributed by atoms with Gasteiger partial charge in [-0.2, -0.15) is 5.26 Å². The fraction of sp³-hybridized carbons (Fsp3) is 0.167.